The Labute approximate surface area is 114 Å². The highest BCUT2D eigenvalue weighted by Crippen LogP contribution is 2.52. The second kappa shape index (κ2) is 6.06. The number of rotatable bonds is 4. The van der Waals surface area contributed by atoms with E-state index in [2.05, 4.69) is 6.58 Å². The van der Waals surface area contributed by atoms with Crippen LogP contribution in [0.3, 0.4) is 0 Å². The van der Waals surface area contributed by atoms with Gasteiger partial charge in [-0.05, 0) is 31.6 Å². The van der Waals surface area contributed by atoms with Crippen LogP contribution in [0, 0.1) is 11.3 Å². The van der Waals surface area contributed by atoms with Gasteiger partial charge in [-0.25, -0.2) is 4.79 Å². The molecule has 2 rings (SSSR count). The smallest absolute Gasteiger partial charge is 0.330 e. The maximum absolute atomic E-state index is 11.0. The summed E-state index contributed by atoms with van der Waals surface area (Å²) in [6.45, 7) is 3.63. The number of carbonyl (C=O) groups is 1. The van der Waals surface area contributed by atoms with Crippen molar-refractivity contribution in [1.82, 2.24) is 0 Å². The van der Waals surface area contributed by atoms with Gasteiger partial charge in [0, 0.05) is 11.5 Å². The molecule has 2 fully saturated rings. The van der Waals surface area contributed by atoms with E-state index in [0.717, 1.165) is 31.8 Å². The van der Waals surface area contributed by atoms with Crippen molar-refractivity contribution < 1.29 is 19.7 Å². The lowest BCUT2D eigenvalue weighted by Gasteiger charge is -2.39. The zero-order valence-corrected chi connectivity index (χ0v) is 11.4. The molecule has 3 atom stereocenters. The Morgan fingerprint density at radius 1 is 1.32 bits per heavy atom. The minimum atomic E-state index is -0.467. The minimum Gasteiger partial charge on any atom is -0.463 e. The van der Waals surface area contributed by atoms with Crippen molar-refractivity contribution in [3.8, 4) is 0 Å². The molecule has 4 heteroatoms. The normalized spacial score (nSPS) is 33.3. The van der Waals surface area contributed by atoms with Gasteiger partial charge in [-0.1, -0.05) is 25.8 Å². The van der Waals surface area contributed by atoms with Gasteiger partial charge in [0.15, 0.2) is 0 Å². The fourth-order valence-electron chi connectivity index (χ4n) is 3.80. The fourth-order valence-corrected chi connectivity index (χ4v) is 3.80. The lowest BCUT2D eigenvalue weighted by Crippen LogP contribution is -2.41. The summed E-state index contributed by atoms with van der Waals surface area (Å²) in [5.41, 5.74) is -0.300. The van der Waals surface area contributed by atoms with Crippen molar-refractivity contribution in [2.75, 3.05) is 6.61 Å². The standard InChI is InChI=1S/C15H24O4/c1-2-13(17)19-9-6-11-10-12(16)15(14(11)18)7-4-3-5-8-15/h2,11-12,14,16,18H,1,3-10H2. The molecule has 0 bridgehead atoms. The van der Waals surface area contributed by atoms with Gasteiger partial charge in [-0.2, -0.15) is 0 Å². The largest absolute Gasteiger partial charge is 0.463 e. The fraction of sp³-hybridized carbons (Fsp3) is 0.800. The molecule has 2 N–H and O–H groups in total. The van der Waals surface area contributed by atoms with Crippen LogP contribution in [-0.2, 0) is 9.53 Å². The van der Waals surface area contributed by atoms with Gasteiger partial charge < -0.3 is 14.9 Å². The minimum absolute atomic E-state index is 0.0331. The van der Waals surface area contributed by atoms with Crippen LogP contribution >= 0.6 is 0 Å². The molecular formula is C15H24O4. The molecule has 4 nitrogen and oxygen atoms in total. The molecular weight excluding hydrogens is 244 g/mol. The Morgan fingerprint density at radius 2 is 2.00 bits per heavy atom. The quantitative estimate of drug-likeness (QED) is 0.602. The third kappa shape index (κ3) is 2.84. The SMILES string of the molecule is C=CC(=O)OCCC1CC(O)C2(CCCCC2)C1O. The molecule has 0 aromatic rings. The first-order chi connectivity index (χ1) is 9.10. The van der Waals surface area contributed by atoms with Gasteiger partial charge in [-0.3, -0.25) is 0 Å². The van der Waals surface area contributed by atoms with E-state index in [1.165, 1.54) is 6.42 Å². The summed E-state index contributed by atoms with van der Waals surface area (Å²) in [4.78, 5) is 11.0. The van der Waals surface area contributed by atoms with E-state index >= 15 is 0 Å². The molecule has 0 radical (unpaired) electrons. The van der Waals surface area contributed by atoms with Crippen LogP contribution in [0.1, 0.15) is 44.9 Å². The first kappa shape index (κ1) is 14.5. The number of aliphatic hydroxyl groups is 2. The zero-order chi connectivity index (χ0) is 13.9. The Kier molecular flexibility index (Phi) is 4.63. The summed E-state index contributed by atoms with van der Waals surface area (Å²) in [6, 6.07) is 0. The molecule has 1 spiro atoms. The number of esters is 1. The van der Waals surface area contributed by atoms with Crippen LogP contribution < -0.4 is 0 Å². The summed E-state index contributed by atoms with van der Waals surface area (Å²) >= 11 is 0. The first-order valence-electron chi connectivity index (χ1n) is 7.25. The Morgan fingerprint density at radius 3 is 2.63 bits per heavy atom. The van der Waals surface area contributed by atoms with Crippen molar-refractivity contribution in [3.05, 3.63) is 12.7 Å². The summed E-state index contributed by atoms with van der Waals surface area (Å²) in [5.74, 6) is -0.397. The molecule has 0 saturated heterocycles. The molecule has 19 heavy (non-hydrogen) atoms. The van der Waals surface area contributed by atoms with E-state index in [9.17, 15) is 15.0 Å². The van der Waals surface area contributed by atoms with Crippen LogP contribution in [0.4, 0.5) is 0 Å². The van der Waals surface area contributed by atoms with E-state index < -0.39 is 18.2 Å². The number of hydrogen-bond acceptors (Lipinski definition) is 4. The summed E-state index contributed by atoms with van der Waals surface area (Å²) in [7, 11) is 0. The molecule has 2 aliphatic carbocycles. The van der Waals surface area contributed by atoms with Crippen molar-refractivity contribution in [3.63, 3.8) is 0 Å². The number of ether oxygens (including phenoxy) is 1. The molecule has 2 saturated carbocycles. The maximum atomic E-state index is 11.0. The molecule has 3 unspecified atom stereocenters. The van der Waals surface area contributed by atoms with Crippen LogP contribution in [-0.4, -0.2) is 35.0 Å². The third-order valence-corrected chi connectivity index (χ3v) is 4.91. The summed E-state index contributed by atoms with van der Waals surface area (Å²) < 4.78 is 4.96. The predicted octanol–water partition coefficient (Wildman–Crippen LogP) is 1.80. The lowest BCUT2D eigenvalue weighted by atomic mass is 9.69. The monoisotopic (exact) mass is 268 g/mol. The Hall–Kier alpha value is -0.870. The summed E-state index contributed by atoms with van der Waals surface area (Å²) in [6.07, 6.45) is 6.69. The number of carbonyl (C=O) groups excluding carboxylic acids is 1. The summed E-state index contributed by atoms with van der Waals surface area (Å²) in [5, 5.41) is 20.9. The van der Waals surface area contributed by atoms with Crippen molar-refractivity contribution >= 4 is 5.97 Å². The van der Waals surface area contributed by atoms with Crippen molar-refractivity contribution in [2.24, 2.45) is 11.3 Å². The highest BCUT2D eigenvalue weighted by molar-refractivity contribution is 5.81. The van der Waals surface area contributed by atoms with E-state index in [4.69, 9.17) is 4.74 Å². The van der Waals surface area contributed by atoms with Gasteiger partial charge in [0.05, 0.1) is 18.8 Å². The predicted molar refractivity (Wildman–Crippen MR) is 71.4 cm³/mol. The van der Waals surface area contributed by atoms with E-state index in [0.29, 0.717) is 12.8 Å². The Balaban J connectivity index is 1.90. The average molecular weight is 268 g/mol. The van der Waals surface area contributed by atoms with Gasteiger partial charge in [0.2, 0.25) is 0 Å². The van der Waals surface area contributed by atoms with E-state index in [-0.39, 0.29) is 17.9 Å². The second-order valence-electron chi connectivity index (χ2n) is 5.91. The van der Waals surface area contributed by atoms with Gasteiger partial charge in [-0.15, -0.1) is 0 Å². The van der Waals surface area contributed by atoms with Crippen LogP contribution in [0.5, 0.6) is 0 Å². The molecule has 108 valence electrons. The first-order valence-corrected chi connectivity index (χ1v) is 7.25. The molecule has 0 aromatic heterocycles. The van der Waals surface area contributed by atoms with Crippen LogP contribution in [0.25, 0.3) is 0 Å². The molecule has 0 heterocycles. The van der Waals surface area contributed by atoms with Crippen molar-refractivity contribution in [2.45, 2.75) is 57.2 Å². The lowest BCUT2D eigenvalue weighted by molar-refractivity contribution is -0.138. The molecule has 2 aliphatic rings. The van der Waals surface area contributed by atoms with Gasteiger partial charge in [0.1, 0.15) is 0 Å². The van der Waals surface area contributed by atoms with E-state index in [1.54, 1.807) is 0 Å². The van der Waals surface area contributed by atoms with Gasteiger partial charge in [0.25, 0.3) is 0 Å². The highest BCUT2D eigenvalue weighted by atomic mass is 16.5. The zero-order valence-electron chi connectivity index (χ0n) is 11.4. The van der Waals surface area contributed by atoms with E-state index in [1.807, 2.05) is 0 Å². The topological polar surface area (TPSA) is 66.8 Å². The van der Waals surface area contributed by atoms with Crippen LogP contribution in [0.2, 0.25) is 0 Å². The van der Waals surface area contributed by atoms with Crippen LogP contribution in [0.15, 0.2) is 12.7 Å². The third-order valence-electron chi connectivity index (χ3n) is 4.91. The second-order valence-corrected chi connectivity index (χ2v) is 5.91. The highest BCUT2D eigenvalue weighted by Gasteiger charge is 2.53. The molecule has 0 aromatic carbocycles. The Bertz CT molecular complexity index is 333. The maximum Gasteiger partial charge on any atom is 0.330 e. The number of aliphatic hydroxyl groups excluding tert-OH is 2. The molecule has 0 aliphatic heterocycles. The van der Waals surface area contributed by atoms with Gasteiger partial charge >= 0.3 is 5.97 Å². The molecule has 0 amide bonds. The average Bonchev–Trinajstić information content (AvgIpc) is 2.65. The number of hydrogen-bond donors (Lipinski definition) is 2. The van der Waals surface area contributed by atoms with Crippen molar-refractivity contribution in [1.29, 1.82) is 0 Å².